The topological polar surface area (TPSA) is 68.1 Å². The summed E-state index contributed by atoms with van der Waals surface area (Å²) in [5, 5.41) is 1.07. The average Bonchev–Trinajstić information content (AvgIpc) is 2.64. The van der Waals surface area contributed by atoms with E-state index in [1.54, 1.807) is 0 Å². The maximum atomic E-state index is 11.3. The molecular formula is C13H17ClN2O2. The van der Waals surface area contributed by atoms with Crippen molar-refractivity contribution in [3.05, 3.63) is 35.5 Å². The molecule has 0 aliphatic heterocycles. The van der Waals surface area contributed by atoms with Crippen LogP contribution in [0.5, 0.6) is 0 Å². The molecule has 98 valence electrons. The van der Waals surface area contributed by atoms with Crippen LogP contribution in [0.4, 0.5) is 0 Å². The van der Waals surface area contributed by atoms with Gasteiger partial charge in [-0.25, -0.2) is 0 Å². The van der Waals surface area contributed by atoms with Crippen LogP contribution < -0.4 is 5.73 Å². The van der Waals surface area contributed by atoms with Crippen molar-refractivity contribution in [2.75, 3.05) is 7.11 Å². The number of carbonyl (C=O) groups is 1. The van der Waals surface area contributed by atoms with Crippen molar-refractivity contribution in [1.82, 2.24) is 4.98 Å². The third-order valence-electron chi connectivity index (χ3n) is 2.93. The Morgan fingerprint density at radius 2 is 2.11 bits per heavy atom. The number of para-hydroxylation sites is 1. The lowest BCUT2D eigenvalue weighted by Crippen LogP contribution is -2.16. The number of aromatic amines is 1. The quantitative estimate of drug-likeness (QED) is 0.841. The van der Waals surface area contributed by atoms with E-state index in [2.05, 4.69) is 9.72 Å². The summed E-state index contributed by atoms with van der Waals surface area (Å²) in [5.74, 6) is -0.290. The van der Waals surface area contributed by atoms with Crippen molar-refractivity contribution in [1.29, 1.82) is 0 Å². The van der Waals surface area contributed by atoms with Crippen LogP contribution >= 0.6 is 12.4 Å². The van der Waals surface area contributed by atoms with E-state index < -0.39 is 0 Å². The van der Waals surface area contributed by atoms with Crippen LogP contribution in [0.2, 0.25) is 0 Å². The zero-order valence-corrected chi connectivity index (χ0v) is 11.2. The molecule has 2 rings (SSSR count). The first-order valence-electron chi connectivity index (χ1n) is 5.53. The first kappa shape index (κ1) is 14.5. The van der Waals surface area contributed by atoms with E-state index in [-0.39, 0.29) is 30.8 Å². The number of methoxy groups -OCH3 is 1. The number of rotatable bonds is 3. The Balaban J connectivity index is 0.00000162. The average molecular weight is 269 g/mol. The highest BCUT2D eigenvalue weighted by atomic mass is 35.5. The van der Waals surface area contributed by atoms with Crippen LogP contribution in [-0.2, 0) is 9.53 Å². The molecule has 0 aliphatic rings. The molecule has 0 radical (unpaired) electrons. The Bertz CT molecular complexity index is 551. The summed E-state index contributed by atoms with van der Waals surface area (Å²) in [6, 6.07) is 7.60. The predicted molar refractivity (Wildman–Crippen MR) is 73.8 cm³/mol. The third kappa shape index (κ3) is 2.66. The maximum Gasteiger partial charge on any atom is 0.307 e. The molecule has 0 amide bonds. The van der Waals surface area contributed by atoms with Crippen molar-refractivity contribution < 1.29 is 9.53 Å². The Morgan fingerprint density at radius 1 is 1.44 bits per heavy atom. The number of carbonyl (C=O) groups excluding carboxylic acids is 1. The summed E-state index contributed by atoms with van der Waals surface area (Å²) in [7, 11) is 1.37. The molecule has 3 N–H and O–H groups in total. The van der Waals surface area contributed by atoms with Crippen LogP contribution in [0, 0.1) is 6.92 Å². The van der Waals surface area contributed by atoms with Gasteiger partial charge < -0.3 is 15.5 Å². The van der Waals surface area contributed by atoms with Gasteiger partial charge in [0.25, 0.3) is 0 Å². The van der Waals surface area contributed by atoms with E-state index in [4.69, 9.17) is 5.73 Å². The van der Waals surface area contributed by atoms with Gasteiger partial charge in [0.2, 0.25) is 0 Å². The number of nitrogens with two attached hydrogens (primary N) is 1. The molecule has 4 nitrogen and oxygen atoms in total. The predicted octanol–water partition coefficient (Wildman–Crippen LogP) is 2.46. The van der Waals surface area contributed by atoms with Gasteiger partial charge in [-0.2, -0.15) is 0 Å². The fraction of sp³-hybridized carbons (Fsp3) is 0.308. The Kier molecular flexibility index (Phi) is 4.76. The SMILES string of the molecule is COC(=O)C[C@H](N)c1c(C)[nH]c2ccccc12.Cl. The van der Waals surface area contributed by atoms with E-state index in [0.29, 0.717) is 0 Å². The normalized spacial score (nSPS) is 11.9. The number of aryl methyl sites for hydroxylation is 1. The number of hydrogen-bond acceptors (Lipinski definition) is 3. The Labute approximate surface area is 112 Å². The Morgan fingerprint density at radius 3 is 2.78 bits per heavy atom. The maximum absolute atomic E-state index is 11.3. The summed E-state index contributed by atoms with van der Waals surface area (Å²) in [6.07, 6.45) is 0.194. The summed E-state index contributed by atoms with van der Waals surface area (Å²) in [6.45, 7) is 1.96. The van der Waals surface area contributed by atoms with Crippen molar-refractivity contribution in [2.24, 2.45) is 5.73 Å². The van der Waals surface area contributed by atoms with Crippen LogP contribution in [0.15, 0.2) is 24.3 Å². The smallest absolute Gasteiger partial charge is 0.307 e. The van der Waals surface area contributed by atoms with Crippen LogP contribution in [0.25, 0.3) is 10.9 Å². The van der Waals surface area contributed by atoms with E-state index >= 15 is 0 Å². The van der Waals surface area contributed by atoms with Gasteiger partial charge in [-0.3, -0.25) is 4.79 Å². The highest BCUT2D eigenvalue weighted by Crippen LogP contribution is 2.28. The third-order valence-corrected chi connectivity index (χ3v) is 2.93. The number of aromatic nitrogens is 1. The number of benzene rings is 1. The van der Waals surface area contributed by atoms with Gasteiger partial charge >= 0.3 is 5.97 Å². The van der Waals surface area contributed by atoms with Gasteiger partial charge in [-0.1, -0.05) is 18.2 Å². The number of H-pyrrole nitrogens is 1. The van der Waals surface area contributed by atoms with Crippen LogP contribution in [0.1, 0.15) is 23.7 Å². The molecule has 0 saturated heterocycles. The molecule has 2 aromatic rings. The fourth-order valence-electron chi connectivity index (χ4n) is 2.14. The van der Waals surface area contributed by atoms with E-state index in [1.165, 1.54) is 7.11 Å². The van der Waals surface area contributed by atoms with Crippen molar-refractivity contribution in [3.63, 3.8) is 0 Å². The summed E-state index contributed by atoms with van der Waals surface area (Å²) in [4.78, 5) is 14.5. The highest BCUT2D eigenvalue weighted by molar-refractivity contribution is 5.86. The molecule has 5 heteroatoms. The van der Waals surface area contributed by atoms with Gasteiger partial charge in [0.1, 0.15) is 0 Å². The number of ether oxygens (including phenoxy) is 1. The number of halogens is 1. The molecule has 1 aromatic heterocycles. The van der Waals surface area contributed by atoms with E-state index in [0.717, 1.165) is 22.2 Å². The second kappa shape index (κ2) is 5.89. The number of nitrogens with one attached hydrogen (secondary N) is 1. The second-order valence-electron chi connectivity index (χ2n) is 4.10. The molecule has 0 bridgehead atoms. The summed E-state index contributed by atoms with van der Waals surface area (Å²) >= 11 is 0. The second-order valence-corrected chi connectivity index (χ2v) is 4.10. The lowest BCUT2D eigenvalue weighted by Gasteiger charge is -2.10. The number of fused-ring (bicyclic) bond motifs is 1. The monoisotopic (exact) mass is 268 g/mol. The largest absolute Gasteiger partial charge is 0.469 e. The zero-order valence-electron chi connectivity index (χ0n) is 10.4. The lowest BCUT2D eigenvalue weighted by atomic mass is 10.0. The minimum Gasteiger partial charge on any atom is -0.469 e. The number of esters is 1. The number of hydrogen-bond donors (Lipinski definition) is 2. The first-order chi connectivity index (χ1) is 8.13. The molecule has 18 heavy (non-hydrogen) atoms. The molecule has 0 fully saturated rings. The standard InChI is InChI=1S/C13H16N2O2.ClH/c1-8-13(10(14)7-12(16)17-2)9-5-3-4-6-11(9)15-8;/h3-6,10,15H,7,14H2,1-2H3;1H/t10-;/m0./s1. The fourth-order valence-corrected chi connectivity index (χ4v) is 2.14. The Hall–Kier alpha value is -1.52. The molecule has 1 atom stereocenters. The minimum absolute atomic E-state index is 0. The molecule has 1 heterocycles. The zero-order chi connectivity index (χ0) is 12.4. The molecule has 0 aliphatic carbocycles. The minimum atomic E-state index is -0.335. The molecule has 0 unspecified atom stereocenters. The summed E-state index contributed by atoms with van der Waals surface area (Å²) < 4.78 is 4.64. The highest BCUT2D eigenvalue weighted by Gasteiger charge is 2.18. The molecule has 1 aromatic carbocycles. The van der Waals surface area contributed by atoms with E-state index in [1.807, 2.05) is 31.2 Å². The van der Waals surface area contributed by atoms with Gasteiger partial charge in [0, 0.05) is 22.6 Å². The van der Waals surface area contributed by atoms with Gasteiger partial charge in [0.15, 0.2) is 0 Å². The van der Waals surface area contributed by atoms with Gasteiger partial charge in [0.05, 0.1) is 13.5 Å². The van der Waals surface area contributed by atoms with Gasteiger partial charge in [-0.15, -0.1) is 12.4 Å². The molecule has 0 spiro atoms. The molecular weight excluding hydrogens is 252 g/mol. The van der Waals surface area contributed by atoms with Crippen molar-refractivity contribution in [3.8, 4) is 0 Å². The first-order valence-corrected chi connectivity index (χ1v) is 5.53. The van der Waals surface area contributed by atoms with Gasteiger partial charge in [-0.05, 0) is 18.6 Å². The van der Waals surface area contributed by atoms with E-state index in [9.17, 15) is 4.79 Å². The van der Waals surface area contributed by atoms with Crippen LogP contribution in [0.3, 0.4) is 0 Å². The summed E-state index contributed by atoms with van der Waals surface area (Å²) in [5.41, 5.74) is 9.10. The van der Waals surface area contributed by atoms with Crippen molar-refractivity contribution >= 4 is 29.3 Å². The lowest BCUT2D eigenvalue weighted by molar-refractivity contribution is -0.141. The van der Waals surface area contributed by atoms with Crippen molar-refractivity contribution in [2.45, 2.75) is 19.4 Å². The molecule has 0 saturated carbocycles. The van der Waals surface area contributed by atoms with Crippen LogP contribution in [-0.4, -0.2) is 18.1 Å².